The van der Waals surface area contributed by atoms with Crippen molar-refractivity contribution in [2.24, 2.45) is 0 Å². The molecule has 0 radical (unpaired) electrons. The van der Waals surface area contributed by atoms with Crippen LogP contribution in [0.2, 0.25) is 0 Å². The number of ether oxygens (including phenoxy) is 1. The Morgan fingerprint density at radius 2 is 1.70 bits per heavy atom. The first-order chi connectivity index (χ1) is 9.63. The lowest BCUT2D eigenvalue weighted by atomic mass is 10.3. The first-order valence-corrected chi connectivity index (χ1v) is 7.56. The Kier molecular flexibility index (Phi) is 2.99. The molecule has 0 N–H and O–H groups in total. The number of nitrogens with zero attached hydrogens (tertiary/aromatic N) is 1. The van der Waals surface area contributed by atoms with Crippen molar-refractivity contribution in [3.8, 4) is 5.75 Å². The number of sulfone groups is 1. The molecule has 0 aliphatic carbocycles. The molecule has 0 aliphatic rings. The van der Waals surface area contributed by atoms with Gasteiger partial charge in [-0.15, -0.1) is 0 Å². The number of methoxy groups -OCH3 is 1. The fraction of sp³-hybridized carbons (Fsp3) is 0.0667. The maximum Gasteiger partial charge on any atom is 0.222 e. The zero-order chi connectivity index (χ0) is 14.2. The van der Waals surface area contributed by atoms with Crippen molar-refractivity contribution in [1.29, 1.82) is 0 Å². The van der Waals surface area contributed by atoms with Gasteiger partial charge in [-0.1, -0.05) is 6.07 Å². The average molecular weight is 287 g/mol. The summed E-state index contributed by atoms with van der Waals surface area (Å²) in [5, 5.41) is 0.262. The summed E-state index contributed by atoms with van der Waals surface area (Å²) in [5.41, 5.74) is 0.847. The predicted octanol–water partition coefficient (Wildman–Crippen LogP) is 2.78. The normalized spacial score (nSPS) is 11.7. The van der Waals surface area contributed by atoms with E-state index in [1.54, 1.807) is 60.2 Å². The standard InChI is InChI=1S/C15H13NO3S/c1-19-13-6-8-14(9-7-13)20(17,18)15-10-5-12-4-2-3-11-16(12)15/h2-11H,1H3. The minimum atomic E-state index is -3.54. The highest BCUT2D eigenvalue weighted by Crippen LogP contribution is 2.24. The highest BCUT2D eigenvalue weighted by Gasteiger charge is 2.20. The molecular formula is C15H13NO3S. The summed E-state index contributed by atoms with van der Waals surface area (Å²) in [6.07, 6.45) is 1.74. The van der Waals surface area contributed by atoms with Gasteiger partial charge < -0.3 is 9.14 Å². The highest BCUT2D eigenvalue weighted by molar-refractivity contribution is 7.91. The summed E-state index contributed by atoms with van der Waals surface area (Å²) in [6.45, 7) is 0. The first-order valence-electron chi connectivity index (χ1n) is 6.08. The van der Waals surface area contributed by atoms with E-state index in [-0.39, 0.29) is 9.92 Å². The molecule has 20 heavy (non-hydrogen) atoms. The van der Waals surface area contributed by atoms with Crippen LogP contribution >= 0.6 is 0 Å². The van der Waals surface area contributed by atoms with Crippen LogP contribution in [0, 0.1) is 0 Å². The van der Waals surface area contributed by atoms with Crippen LogP contribution in [-0.4, -0.2) is 19.9 Å². The molecule has 4 nitrogen and oxygen atoms in total. The van der Waals surface area contributed by atoms with Crippen LogP contribution in [0.1, 0.15) is 0 Å². The molecule has 0 saturated heterocycles. The third kappa shape index (κ3) is 1.96. The number of benzene rings is 1. The molecule has 1 aromatic carbocycles. The second-order valence-electron chi connectivity index (χ2n) is 4.35. The van der Waals surface area contributed by atoms with E-state index in [4.69, 9.17) is 4.74 Å². The molecule has 0 unspecified atom stereocenters. The molecule has 3 rings (SSSR count). The number of pyridine rings is 1. The van der Waals surface area contributed by atoms with Crippen LogP contribution in [0.25, 0.3) is 5.52 Å². The topological polar surface area (TPSA) is 47.8 Å². The van der Waals surface area contributed by atoms with E-state index in [2.05, 4.69) is 0 Å². The summed E-state index contributed by atoms with van der Waals surface area (Å²) in [5.74, 6) is 0.629. The molecule has 0 spiro atoms. The Balaban J connectivity index is 2.15. The van der Waals surface area contributed by atoms with Crippen molar-refractivity contribution in [2.75, 3.05) is 7.11 Å². The quantitative estimate of drug-likeness (QED) is 0.744. The van der Waals surface area contributed by atoms with E-state index in [1.165, 1.54) is 0 Å². The van der Waals surface area contributed by atoms with Gasteiger partial charge in [0.2, 0.25) is 9.84 Å². The van der Waals surface area contributed by atoms with Crippen LogP contribution in [0.5, 0.6) is 5.75 Å². The Morgan fingerprint density at radius 3 is 2.40 bits per heavy atom. The van der Waals surface area contributed by atoms with Gasteiger partial charge in [0.15, 0.2) is 0 Å². The average Bonchev–Trinajstić information content (AvgIpc) is 2.92. The zero-order valence-electron chi connectivity index (χ0n) is 10.9. The van der Waals surface area contributed by atoms with Crippen molar-refractivity contribution in [1.82, 2.24) is 4.40 Å². The number of fused-ring (bicyclic) bond motifs is 1. The van der Waals surface area contributed by atoms with E-state index in [0.29, 0.717) is 5.75 Å². The van der Waals surface area contributed by atoms with E-state index in [1.807, 2.05) is 12.1 Å². The number of aromatic nitrogens is 1. The van der Waals surface area contributed by atoms with E-state index in [0.717, 1.165) is 5.52 Å². The van der Waals surface area contributed by atoms with Crippen LogP contribution in [0.4, 0.5) is 0 Å². The molecule has 0 amide bonds. The Bertz CT molecular complexity index is 848. The SMILES string of the molecule is COc1ccc(S(=O)(=O)c2ccc3ccccn23)cc1. The second-order valence-corrected chi connectivity index (χ2v) is 6.24. The third-order valence-corrected chi connectivity index (χ3v) is 4.95. The second kappa shape index (κ2) is 4.68. The minimum absolute atomic E-state index is 0.252. The summed E-state index contributed by atoms with van der Waals surface area (Å²) in [6, 6.07) is 15.3. The smallest absolute Gasteiger partial charge is 0.222 e. The van der Waals surface area contributed by atoms with Crippen molar-refractivity contribution in [3.63, 3.8) is 0 Å². The van der Waals surface area contributed by atoms with Gasteiger partial charge in [0.25, 0.3) is 0 Å². The van der Waals surface area contributed by atoms with Crippen molar-refractivity contribution < 1.29 is 13.2 Å². The maximum atomic E-state index is 12.6. The van der Waals surface area contributed by atoms with Crippen molar-refractivity contribution in [3.05, 3.63) is 60.8 Å². The Hall–Kier alpha value is -2.27. The van der Waals surface area contributed by atoms with Gasteiger partial charge in [0.05, 0.1) is 12.0 Å². The maximum absolute atomic E-state index is 12.6. The van der Waals surface area contributed by atoms with E-state index >= 15 is 0 Å². The monoisotopic (exact) mass is 287 g/mol. The van der Waals surface area contributed by atoms with E-state index < -0.39 is 9.84 Å². The minimum Gasteiger partial charge on any atom is -0.497 e. The lowest BCUT2D eigenvalue weighted by molar-refractivity contribution is 0.414. The van der Waals surface area contributed by atoms with Crippen LogP contribution < -0.4 is 4.74 Å². The Morgan fingerprint density at radius 1 is 0.950 bits per heavy atom. The lowest BCUT2D eigenvalue weighted by Gasteiger charge is -2.06. The lowest BCUT2D eigenvalue weighted by Crippen LogP contribution is -2.05. The fourth-order valence-electron chi connectivity index (χ4n) is 2.12. The third-order valence-electron chi connectivity index (χ3n) is 3.17. The number of hydrogen-bond acceptors (Lipinski definition) is 3. The largest absolute Gasteiger partial charge is 0.497 e. The fourth-order valence-corrected chi connectivity index (χ4v) is 3.53. The number of rotatable bonds is 3. The summed E-state index contributed by atoms with van der Waals surface area (Å²) >= 11 is 0. The predicted molar refractivity (Wildman–Crippen MR) is 75.8 cm³/mol. The molecule has 5 heteroatoms. The number of hydrogen-bond donors (Lipinski definition) is 0. The molecule has 2 aromatic heterocycles. The molecule has 0 atom stereocenters. The van der Waals surface area contributed by atoms with E-state index in [9.17, 15) is 8.42 Å². The van der Waals surface area contributed by atoms with Gasteiger partial charge in [-0.25, -0.2) is 8.42 Å². The summed E-state index contributed by atoms with van der Waals surface area (Å²) in [7, 11) is -1.99. The first kappa shape index (κ1) is 12.7. The molecule has 0 saturated carbocycles. The van der Waals surface area contributed by atoms with Crippen LogP contribution in [0.15, 0.2) is 70.7 Å². The highest BCUT2D eigenvalue weighted by atomic mass is 32.2. The van der Waals surface area contributed by atoms with Gasteiger partial charge >= 0.3 is 0 Å². The van der Waals surface area contributed by atoms with Gasteiger partial charge in [0.1, 0.15) is 10.8 Å². The zero-order valence-corrected chi connectivity index (χ0v) is 11.7. The van der Waals surface area contributed by atoms with Gasteiger partial charge in [0, 0.05) is 11.7 Å². The molecule has 0 bridgehead atoms. The van der Waals surface area contributed by atoms with Crippen LogP contribution in [-0.2, 0) is 9.84 Å². The summed E-state index contributed by atoms with van der Waals surface area (Å²) < 4.78 is 32.0. The summed E-state index contributed by atoms with van der Waals surface area (Å²) in [4.78, 5) is 0.252. The van der Waals surface area contributed by atoms with Gasteiger partial charge in [-0.05, 0) is 48.5 Å². The van der Waals surface area contributed by atoms with Crippen molar-refractivity contribution >= 4 is 15.4 Å². The van der Waals surface area contributed by atoms with Gasteiger partial charge in [-0.3, -0.25) is 0 Å². The molecule has 0 fully saturated rings. The molecular weight excluding hydrogens is 274 g/mol. The molecule has 3 aromatic rings. The molecule has 0 aliphatic heterocycles. The van der Waals surface area contributed by atoms with Crippen LogP contribution in [0.3, 0.4) is 0 Å². The van der Waals surface area contributed by atoms with Crippen molar-refractivity contribution in [2.45, 2.75) is 9.92 Å². The molecule has 2 heterocycles. The van der Waals surface area contributed by atoms with Gasteiger partial charge in [-0.2, -0.15) is 0 Å². The Labute approximate surface area is 117 Å². The molecule has 102 valence electrons.